The molecule has 0 amide bonds. The van der Waals surface area contributed by atoms with Crippen LogP contribution in [-0.2, 0) is 19.1 Å². The molecule has 164 valence electrons. The van der Waals surface area contributed by atoms with Gasteiger partial charge in [-0.2, -0.15) is 0 Å². The van der Waals surface area contributed by atoms with Gasteiger partial charge >= 0.3 is 41.5 Å². The van der Waals surface area contributed by atoms with Crippen LogP contribution in [0.2, 0.25) is 0 Å². The van der Waals surface area contributed by atoms with E-state index < -0.39 is 23.9 Å². The van der Waals surface area contributed by atoms with Crippen LogP contribution < -0.4 is 40.0 Å². The Kier molecular flexibility index (Phi) is 23.6. The molecule has 0 bridgehead atoms. The number of carbonyl (C=O) groups excluding carboxylic acids is 3. The zero-order valence-corrected chi connectivity index (χ0v) is 20.9. The molecular weight excluding hydrogens is 381 g/mol. The second-order valence-corrected chi connectivity index (χ2v) is 7.50. The first-order valence-electron chi connectivity index (χ1n) is 11.2. The predicted octanol–water partition coefficient (Wildman–Crippen LogP) is 0.660. The van der Waals surface area contributed by atoms with Crippen LogP contribution in [0.4, 0.5) is 0 Å². The zero-order chi connectivity index (χ0) is 21.0. The second kappa shape index (κ2) is 22.3. The summed E-state index contributed by atoms with van der Waals surface area (Å²) >= 11 is 0. The smallest absolute Gasteiger partial charge is 0.550 e. The minimum absolute atomic E-state index is 0. The second-order valence-electron chi connectivity index (χ2n) is 7.50. The number of carboxylic acid groups (broad SMARTS) is 1. The molecule has 0 aromatic carbocycles. The molecule has 6 nitrogen and oxygen atoms in total. The zero-order valence-electron chi connectivity index (χ0n) is 18.9. The fourth-order valence-electron chi connectivity index (χ4n) is 3.03. The van der Waals surface area contributed by atoms with Gasteiger partial charge in [-0.25, -0.2) is 4.79 Å². The van der Waals surface area contributed by atoms with Crippen LogP contribution >= 0.6 is 0 Å². The fraction of sp³-hybridized carbons (Fsp3) is 0.864. The average molecular weight is 422 g/mol. The number of unbranched alkanes of at least 4 members (excludes halogenated alkanes) is 10. The van der Waals surface area contributed by atoms with E-state index in [1.165, 1.54) is 38.5 Å². The first-order chi connectivity index (χ1) is 13.5. The van der Waals surface area contributed by atoms with Crippen LogP contribution in [0, 0.1) is 0 Å². The summed E-state index contributed by atoms with van der Waals surface area (Å²) in [7, 11) is 0. The summed E-state index contributed by atoms with van der Waals surface area (Å²) in [5.41, 5.74) is 0. The standard InChI is InChI=1S/C22H41NO5.Na/c1-3-5-7-8-9-10-11-12-13-15-21(26)28-22(27)19(16-17-20(24)25)23-18-14-6-4-2;/h19,23H,3-18H2,1-2H3,(H,24,25);/q;+1/p-1. The van der Waals surface area contributed by atoms with Gasteiger partial charge in [0.15, 0.2) is 0 Å². The van der Waals surface area contributed by atoms with Crippen molar-refractivity contribution in [3.8, 4) is 0 Å². The van der Waals surface area contributed by atoms with Crippen LogP contribution in [0.1, 0.15) is 110 Å². The van der Waals surface area contributed by atoms with E-state index in [9.17, 15) is 19.5 Å². The van der Waals surface area contributed by atoms with E-state index in [-0.39, 0.29) is 48.8 Å². The third-order valence-electron chi connectivity index (χ3n) is 4.79. The third-order valence-corrected chi connectivity index (χ3v) is 4.79. The summed E-state index contributed by atoms with van der Waals surface area (Å²) in [5.74, 6) is -2.42. The molecule has 0 aliphatic rings. The summed E-state index contributed by atoms with van der Waals surface area (Å²) in [5, 5.41) is 13.7. The van der Waals surface area contributed by atoms with E-state index in [4.69, 9.17) is 4.74 Å². The van der Waals surface area contributed by atoms with Crippen LogP contribution in [0.3, 0.4) is 0 Å². The fourth-order valence-corrected chi connectivity index (χ4v) is 3.03. The van der Waals surface area contributed by atoms with Crippen molar-refractivity contribution in [1.29, 1.82) is 0 Å². The number of aliphatic carboxylic acids is 1. The minimum atomic E-state index is -1.21. The van der Waals surface area contributed by atoms with Crippen molar-refractivity contribution in [3.05, 3.63) is 0 Å². The average Bonchev–Trinajstić information content (AvgIpc) is 2.65. The molecular formula is C22H40NNaO5. The number of carboxylic acids is 1. The van der Waals surface area contributed by atoms with Gasteiger partial charge < -0.3 is 20.0 Å². The van der Waals surface area contributed by atoms with Gasteiger partial charge in [-0.1, -0.05) is 78.1 Å². The van der Waals surface area contributed by atoms with E-state index in [1.807, 2.05) is 0 Å². The topological polar surface area (TPSA) is 95.5 Å². The number of rotatable bonds is 19. The molecule has 0 saturated heterocycles. The minimum Gasteiger partial charge on any atom is -0.550 e. The quantitative estimate of drug-likeness (QED) is 0.142. The first kappa shape index (κ1) is 30.8. The molecule has 29 heavy (non-hydrogen) atoms. The van der Waals surface area contributed by atoms with Crippen molar-refractivity contribution < 1.29 is 53.8 Å². The van der Waals surface area contributed by atoms with Gasteiger partial charge in [0.05, 0.1) is 0 Å². The summed E-state index contributed by atoms with van der Waals surface area (Å²) in [6.07, 6.45) is 13.3. The van der Waals surface area contributed by atoms with Crippen LogP contribution in [0.15, 0.2) is 0 Å². The van der Waals surface area contributed by atoms with Gasteiger partial charge in [0, 0.05) is 12.4 Å². The first-order valence-corrected chi connectivity index (χ1v) is 11.2. The monoisotopic (exact) mass is 421 g/mol. The van der Waals surface area contributed by atoms with Crippen LogP contribution in [0.5, 0.6) is 0 Å². The van der Waals surface area contributed by atoms with Crippen molar-refractivity contribution in [2.45, 2.75) is 116 Å². The molecule has 7 heteroatoms. The summed E-state index contributed by atoms with van der Waals surface area (Å²) < 4.78 is 4.92. The van der Waals surface area contributed by atoms with E-state index >= 15 is 0 Å². The molecule has 0 fully saturated rings. The van der Waals surface area contributed by atoms with Crippen molar-refractivity contribution in [3.63, 3.8) is 0 Å². The Balaban J connectivity index is 0. The number of nitrogens with one attached hydrogen (secondary N) is 1. The molecule has 0 aliphatic heterocycles. The Morgan fingerprint density at radius 2 is 1.31 bits per heavy atom. The molecule has 1 N–H and O–H groups in total. The maximum Gasteiger partial charge on any atom is 1.00 e. The van der Waals surface area contributed by atoms with Crippen molar-refractivity contribution >= 4 is 17.9 Å². The van der Waals surface area contributed by atoms with Crippen LogP contribution in [-0.4, -0.2) is 30.5 Å². The maximum absolute atomic E-state index is 12.2. The maximum atomic E-state index is 12.2. The Bertz CT molecular complexity index is 431. The molecule has 0 radical (unpaired) electrons. The van der Waals surface area contributed by atoms with Gasteiger partial charge in [0.2, 0.25) is 0 Å². The van der Waals surface area contributed by atoms with E-state index in [0.29, 0.717) is 13.0 Å². The van der Waals surface area contributed by atoms with Crippen LogP contribution in [0.25, 0.3) is 0 Å². The molecule has 0 saturated carbocycles. The predicted molar refractivity (Wildman–Crippen MR) is 108 cm³/mol. The Morgan fingerprint density at radius 1 is 0.793 bits per heavy atom. The van der Waals surface area contributed by atoms with Gasteiger partial charge in [-0.3, -0.25) is 4.79 Å². The van der Waals surface area contributed by atoms with Crippen molar-refractivity contribution in [2.75, 3.05) is 6.54 Å². The van der Waals surface area contributed by atoms with E-state index in [0.717, 1.165) is 32.1 Å². The van der Waals surface area contributed by atoms with Gasteiger partial charge in [0.1, 0.15) is 6.04 Å². The van der Waals surface area contributed by atoms with Gasteiger partial charge in [-0.15, -0.1) is 0 Å². The Labute approximate surface area is 199 Å². The number of hydrogen-bond acceptors (Lipinski definition) is 6. The van der Waals surface area contributed by atoms with Crippen molar-refractivity contribution in [2.24, 2.45) is 0 Å². The molecule has 0 aromatic heterocycles. The Morgan fingerprint density at radius 3 is 1.86 bits per heavy atom. The molecule has 0 aromatic rings. The van der Waals surface area contributed by atoms with Gasteiger partial charge in [0.25, 0.3) is 0 Å². The van der Waals surface area contributed by atoms with Gasteiger partial charge in [-0.05, 0) is 32.2 Å². The van der Waals surface area contributed by atoms with Crippen molar-refractivity contribution in [1.82, 2.24) is 5.32 Å². The number of esters is 2. The molecule has 0 rings (SSSR count). The molecule has 1 atom stereocenters. The third kappa shape index (κ3) is 20.6. The summed E-state index contributed by atoms with van der Waals surface area (Å²) in [4.78, 5) is 34.7. The normalized spacial score (nSPS) is 11.5. The number of carbonyl (C=O) groups is 3. The molecule has 0 heterocycles. The number of ether oxygens (including phenoxy) is 1. The molecule has 0 aliphatic carbocycles. The SMILES string of the molecule is CCCCCCCCCCCC(=O)OC(=O)C(CCC(=O)[O-])NCCCCC.[Na+]. The summed E-state index contributed by atoms with van der Waals surface area (Å²) in [6, 6.07) is -0.776. The summed E-state index contributed by atoms with van der Waals surface area (Å²) in [6.45, 7) is 4.87. The van der Waals surface area contributed by atoms with E-state index in [2.05, 4.69) is 19.2 Å². The van der Waals surface area contributed by atoms with E-state index in [1.54, 1.807) is 0 Å². The molecule has 1 unspecified atom stereocenters. The number of hydrogen-bond donors (Lipinski definition) is 1. The Hall–Kier alpha value is -0.430. The largest absolute Gasteiger partial charge is 1.00 e. The molecule has 0 spiro atoms.